The van der Waals surface area contributed by atoms with Gasteiger partial charge in [0.1, 0.15) is 5.65 Å². The fraction of sp³-hybridized carbons (Fsp3) is 0.389. The Hall–Kier alpha value is -2.71. The number of carbonyl (C=O) groups excluding carboxylic acids is 1. The second kappa shape index (κ2) is 7.27. The van der Waals surface area contributed by atoms with Gasteiger partial charge in [0.25, 0.3) is 5.91 Å². The first-order chi connectivity index (χ1) is 12.7. The molecule has 4 heterocycles. The van der Waals surface area contributed by atoms with E-state index < -0.39 is 0 Å². The minimum atomic E-state index is -0.158. The number of H-pyrrole nitrogens is 1. The molecule has 26 heavy (non-hydrogen) atoms. The molecule has 2 N–H and O–H groups in total. The van der Waals surface area contributed by atoms with Gasteiger partial charge in [0.05, 0.1) is 24.6 Å². The van der Waals surface area contributed by atoms with Crippen molar-refractivity contribution in [1.29, 1.82) is 0 Å². The second-order valence-corrected chi connectivity index (χ2v) is 6.37. The first kappa shape index (κ1) is 16.7. The van der Waals surface area contributed by atoms with Gasteiger partial charge in [-0.2, -0.15) is 5.10 Å². The number of carbonyl (C=O) groups is 1. The van der Waals surface area contributed by atoms with Crippen LogP contribution < -0.4 is 5.32 Å². The Bertz CT molecular complexity index is 876. The zero-order valence-corrected chi connectivity index (χ0v) is 14.7. The van der Waals surface area contributed by atoms with E-state index in [0.29, 0.717) is 12.2 Å². The Labute approximate surface area is 151 Å². The lowest BCUT2D eigenvalue weighted by molar-refractivity contribution is 0.0383. The molecular formula is C18H22N6O2. The lowest BCUT2D eigenvalue weighted by atomic mass is 10.2. The molecule has 1 fully saturated rings. The maximum atomic E-state index is 12.4. The fourth-order valence-electron chi connectivity index (χ4n) is 3.17. The molecule has 0 aromatic carbocycles. The average molecular weight is 354 g/mol. The summed E-state index contributed by atoms with van der Waals surface area (Å²) in [4.78, 5) is 22.3. The maximum Gasteiger partial charge on any atom is 0.271 e. The molecule has 1 amide bonds. The van der Waals surface area contributed by atoms with Gasteiger partial charge in [0.15, 0.2) is 5.69 Å². The molecule has 1 saturated heterocycles. The highest BCUT2D eigenvalue weighted by Crippen LogP contribution is 2.23. The summed E-state index contributed by atoms with van der Waals surface area (Å²) in [7, 11) is 1.83. The normalized spacial score (nSPS) is 15.4. The van der Waals surface area contributed by atoms with E-state index in [0.717, 1.165) is 55.3 Å². The highest BCUT2D eigenvalue weighted by molar-refractivity contribution is 5.93. The van der Waals surface area contributed by atoms with Gasteiger partial charge in [-0.05, 0) is 24.3 Å². The van der Waals surface area contributed by atoms with Gasteiger partial charge < -0.3 is 15.0 Å². The number of fused-ring (bicyclic) bond motifs is 1. The molecule has 8 nitrogen and oxygen atoms in total. The van der Waals surface area contributed by atoms with E-state index in [-0.39, 0.29) is 5.91 Å². The van der Waals surface area contributed by atoms with Gasteiger partial charge in [-0.3, -0.25) is 14.4 Å². The average Bonchev–Trinajstić information content (AvgIpc) is 3.25. The zero-order valence-electron chi connectivity index (χ0n) is 14.7. The van der Waals surface area contributed by atoms with Crippen molar-refractivity contribution in [1.82, 2.24) is 30.0 Å². The zero-order chi connectivity index (χ0) is 17.9. The molecule has 1 aliphatic heterocycles. The molecule has 0 radical (unpaired) electrons. The number of amides is 1. The number of ether oxygens (including phenoxy) is 1. The van der Waals surface area contributed by atoms with Crippen LogP contribution in [-0.2, 0) is 11.8 Å². The van der Waals surface area contributed by atoms with Crippen molar-refractivity contribution in [3.8, 4) is 11.4 Å². The number of hydrogen-bond donors (Lipinski definition) is 2. The van der Waals surface area contributed by atoms with Crippen molar-refractivity contribution in [2.45, 2.75) is 0 Å². The number of aryl methyl sites for hydroxylation is 1. The Morgan fingerprint density at radius 1 is 1.35 bits per heavy atom. The van der Waals surface area contributed by atoms with E-state index in [1.54, 1.807) is 16.9 Å². The first-order valence-electron chi connectivity index (χ1n) is 8.77. The molecule has 0 aliphatic carbocycles. The topological polar surface area (TPSA) is 88.1 Å². The lowest BCUT2D eigenvalue weighted by Crippen LogP contribution is -2.41. The summed E-state index contributed by atoms with van der Waals surface area (Å²) in [6, 6.07) is 7.71. The minimum absolute atomic E-state index is 0.158. The van der Waals surface area contributed by atoms with E-state index in [1.165, 1.54) is 0 Å². The molecule has 0 saturated carbocycles. The van der Waals surface area contributed by atoms with Crippen molar-refractivity contribution in [3.05, 3.63) is 36.2 Å². The molecule has 0 unspecified atom stereocenters. The third kappa shape index (κ3) is 3.47. The largest absolute Gasteiger partial charge is 0.379 e. The summed E-state index contributed by atoms with van der Waals surface area (Å²) in [6.07, 6.45) is 1.75. The van der Waals surface area contributed by atoms with Crippen molar-refractivity contribution >= 4 is 16.9 Å². The Kier molecular flexibility index (Phi) is 4.68. The summed E-state index contributed by atoms with van der Waals surface area (Å²) in [5, 5.41) is 8.33. The van der Waals surface area contributed by atoms with Gasteiger partial charge in [-0.1, -0.05) is 0 Å². The number of aromatic nitrogens is 4. The lowest BCUT2D eigenvalue weighted by Gasteiger charge is -2.26. The molecule has 0 bridgehead atoms. The smallest absolute Gasteiger partial charge is 0.271 e. The van der Waals surface area contributed by atoms with Crippen LogP contribution in [-0.4, -0.2) is 69.9 Å². The standard InChI is InChI=1S/C18H22N6O2/c1-23-16(14-11-13-3-2-4-19-17(13)21-14)12-15(22-23)18(25)20-5-6-24-7-9-26-10-8-24/h2-4,11-12H,5-10H2,1H3,(H,19,21)(H,20,25). The molecule has 4 rings (SSSR count). The van der Waals surface area contributed by atoms with Gasteiger partial charge in [-0.15, -0.1) is 0 Å². The number of nitrogens with one attached hydrogen (secondary N) is 2. The van der Waals surface area contributed by atoms with Crippen LogP contribution in [0.2, 0.25) is 0 Å². The summed E-state index contributed by atoms with van der Waals surface area (Å²) in [6.45, 7) is 4.77. The molecule has 8 heteroatoms. The molecule has 1 aliphatic rings. The highest BCUT2D eigenvalue weighted by atomic mass is 16.5. The van der Waals surface area contributed by atoms with Crippen LogP contribution in [0.15, 0.2) is 30.5 Å². The number of nitrogens with zero attached hydrogens (tertiary/aromatic N) is 4. The Balaban J connectivity index is 1.42. The number of rotatable bonds is 5. The Morgan fingerprint density at radius 3 is 3.00 bits per heavy atom. The molecular weight excluding hydrogens is 332 g/mol. The maximum absolute atomic E-state index is 12.4. The van der Waals surface area contributed by atoms with E-state index in [4.69, 9.17) is 4.74 Å². The molecule has 3 aromatic heterocycles. The highest BCUT2D eigenvalue weighted by Gasteiger charge is 2.16. The quantitative estimate of drug-likeness (QED) is 0.714. The van der Waals surface area contributed by atoms with E-state index in [9.17, 15) is 4.79 Å². The van der Waals surface area contributed by atoms with Crippen LogP contribution in [0.1, 0.15) is 10.5 Å². The fourth-order valence-corrected chi connectivity index (χ4v) is 3.17. The molecule has 0 atom stereocenters. The summed E-state index contributed by atoms with van der Waals surface area (Å²) >= 11 is 0. The Morgan fingerprint density at radius 2 is 2.19 bits per heavy atom. The van der Waals surface area contributed by atoms with Gasteiger partial charge >= 0.3 is 0 Å². The van der Waals surface area contributed by atoms with E-state index >= 15 is 0 Å². The van der Waals surface area contributed by atoms with Crippen LogP contribution in [0, 0.1) is 0 Å². The third-order valence-electron chi connectivity index (χ3n) is 4.60. The van der Waals surface area contributed by atoms with E-state index in [2.05, 4.69) is 25.3 Å². The second-order valence-electron chi connectivity index (χ2n) is 6.37. The first-order valence-corrected chi connectivity index (χ1v) is 8.77. The van der Waals surface area contributed by atoms with Gasteiger partial charge in [0, 0.05) is 44.8 Å². The number of aromatic amines is 1. The molecule has 3 aromatic rings. The third-order valence-corrected chi connectivity index (χ3v) is 4.60. The van der Waals surface area contributed by atoms with Gasteiger partial charge in [-0.25, -0.2) is 4.98 Å². The molecule has 136 valence electrons. The number of pyridine rings is 1. The van der Waals surface area contributed by atoms with Crippen LogP contribution in [0.3, 0.4) is 0 Å². The van der Waals surface area contributed by atoms with Crippen LogP contribution in [0.25, 0.3) is 22.4 Å². The van der Waals surface area contributed by atoms with Crippen LogP contribution in [0.5, 0.6) is 0 Å². The SMILES string of the molecule is Cn1nc(C(=O)NCCN2CCOCC2)cc1-c1cc2cccnc2[nH]1. The summed E-state index contributed by atoms with van der Waals surface area (Å²) in [5.74, 6) is -0.158. The summed E-state index contributed by atoms with van der Waals surface area (Å²) < 4.78 is 7.04. The van der Waals surface area contributed by atoms with Crippen molar-refractivity contribution < 1.29 is 9.53 Å². The monoisotopic (exact) mass is 354 g/mol. The van der Waals surface area contributed by atoms with E-state index in [1.807, 2.05) is 25.2 Å². The number of morpholine rings is 1. The predicted octanol–water partition coefficient (Wildman–Crippen LogP) is 1.03. The predicted molar refractivity (Wildman–Crippen MR) is 97.9 cm³/mol. The minimum Gasteiger partial charge on any atom is -0.379 e. The molecule has 0 spiro atoms. The van der Waals surface area contributed by atoms with Crippen LogP contribution >= 0.6 is 0 Å². The summed E-state index contributed by atoms with van der Waals surface area (Å²) in [5.41, 5.74) is 2.97. The van der Waals surface area contributed by atoms with Crippen molar-refractivity contribution in [3.63, 3.8) is 0 Å². The van der Waals surface area contributed by atoms with Crippen molar-refractivity contribution in [2.75, 3.05) is 39.4 Å². The van der Waals surface area contributed by atoms with Crippen LogP contribution in [0.4, 0.5) is 0 Å². The number of hydrogen-bond acceptors (Lipinski definition) is 5. The van der Waals surface area contributed by atoms with Gasteiger partial charge in [0.2, 0.25) is 0 Å². The van der Waals surface area contributed by atoms with Crippen molar-refractivity contribution in [2.24, 2.45) is 7.05 Å².